The molecule has 1 aromatic carbocycles. The summed E-state index contributed by atoms with van der Waals surface area (Å²) in [6.45, 7) is 0. The van der Waals surface area contributed by atoms with E-state index < -0.39 is 0 Å². The van der Waals surface area contributed by atoms with Crippen LogP contribution in [0.15, 0.2) is 47.9 Å². The molecule has 1 N–H and O–H groups in total. The second-order valence-electron chi connectivity index (χ2n) is 5.29. The molecule has 0 radical (unpaired) electrons. The maximum atomic E-state index is 6.31. The molecule has 110 valence electrons. The average Bonchev–Trinajstić information content (AvgIpc) is 3.05. The summed E-state index contributed by atoms with van der Waals surface area (Å²) in [5, 5.41) is 5.43. The molecule has 1 aliphatic carbocycles. The lowest BCUT2D eigenvalue weighted by Crippen LogP contribution is -2.31. The van der Waals surface area contributed by atoms with Gasteiger partial charge in [0.2, 0.25) is 0 Å². The molecule has 0 saturated heterocycles. The van der Waals surface area contributed by atoms with Gasteiger partial charge in [0.25, 0.3) is 0 Å². The number of benzene rings is 1. The van der Waals surface area contributed by atoms with Gasteiger partial charge in [0, 0.05) is 4.88 Å². The van der Waals surface area contributed by atoms with E-state index in [1.54, 1.807) is 0 Å². The molecule has 3 heteroatoms. The third-order valence-electron chi connectivity index (χ3n) is 3.87. The summed E-state index contributed by atoms with van der Waals surface area (Å²) in [4.78, 5) is 1.42. The molecule has 0 amide bonds. The lowest BCUT2D eigenvalue weighted by atomic mass is 9.95. The van der Waals surface area contributed by atoms with Crippen LogP contribution in [0.2, 0.25) is 0 Å². The fourth-order valence-corrected chi connectivity index (χ4v) is 3.46. The van der Waals surface area contributed by atoms with E-state index in [1.165, 1.54) is 16.0 Å². The van der Waals surface area contributed by atoms with Gasteiger partial charge in [0.1, 0.15) is 6.23 Å². The van der Waals surface area contributed by atoms with E-state index in [2.05, 4.69) is 59.2 Å². The van der Waals surface area contributed by atoms with Gasteiger partial charge in [-0.3, -0.25) is 5.32 Å². The van der Waals surface area contributed by atoms with Gasteiger partial charge in [-0.2, -0.15) is 0 Å². The summed E-state index contributed by atoms with van der Waals surface area (Å²) in [5.41, 5.74) is 2.58. The molecule has 2 nitrogen and oxygen atoms in total. The van der Waals surface area contributed by atoms with E-state index in [4.69, 9.17) is 4.74 Å². The summed E-state index contributed by atoms with van der Waals surface area (Å²) in [6, 6.07) is 12.8. The van der Waals surface area contributed by atoms with Crippen LogP contribution in [0.4, 0.5) is 0 Å². The maximum Gasteiger partial charge on any atom is 0.109 e. The molecule has 1 heterocycles. The molecule has 21 heavy (non-hydrogen) atoms. The number of nitrogens with one attached hydrogen (secondary N) is 1. The number of hydrogen-bond acceptors (Lipinski definition) is 3. The van der Waals surface area contributed by atoms with Crippen LogP contribution in [0.3, 0.4) is 0 Å². The first-order valence-electron chi connectivity index (χ1n) is 7.47. The highest BCUT2D eigenvalue weighted by molar-refractivity contribution is 7.09. The molecule has 0 bridgehead atoms. The maximum absolute atomic E-state index is 6.31. The van der Waals surface area contributed by atoms with Crippen molar-refractivity contribution in [3.63, 3.8) is 0 Å². The highest BCUT2D eigenvalue weighted by atomic mass is 32.1. The summed E-state index contributed by atoms with van der Waals surface area (Å²) in [7, 11) is 1.98. The van der Waals surface area contributed by atoms with Crippen LogP contribution in [0.5, 0.6) is 0 Å². The molecular weight excluding hydrogens is 278 g/mol. The number of thiophene rings is 1. The van der Waals surface area contributed by atoms with Crippen molar-refractivity contribution >= 4 is 17.4 Å². The van der Waals surface area contributed by atoms with Gasteiger partial charge in [-0.1, -0.05) is 42.5 Å². The van der Waals surface area contributed by atoms with Crippen molar-refractivity contribution in [1.82, 2.24) is 5.32 Å². The Kier molecular flexibility index (Phi) is 4.86. The molecular formula is C18H21NOS. The zero-order valence-electron chi connectivity index (χ0n) is 12.3. The second-order valence-corrected chi connectivity index (χ2v) is 6.32. The molecule has 3 rings (SSSR count). The Morgan fingerprint density at radius 1 is 1.29 bits per heavy atom. The van der Waals surface area contributed by atoms with Gasteiger partial charge in [-0.05, 0) is 48.9 Å². The summed E-state index contributed by atoms with van der Waals surface area (Å²) in [5.74, 6) is 0. The van der Waals surface area contributed by atoms with E-state index in [0.717, 1.165) is 19.3 Å². The van der Waals surface area contributed by atoms with Crippen molar-refractivity contribution in [2.45, 2.75) is 31.6 Å². The van der Waals surface area contributed by atoms with Gasteiger partial charge < -0.3 is 4.74 Å². The van der Waals surface area contributed by atoms with E-state index in [0.29, 0.717) is 0 Å². The first kappa shape index (κ1) is 14.5. The van der Waals surface area contributed by atoms with Gasteiger partial charge in [-0.15, -0.1) is 11.3 Å². The number of aryl methyl sites for hydroxylation is 1. The number of hydrogen-bond donors (Lipinski definition) is 1. The average molecular weight is 299 g/mol. The van der Waals surface area contributed by atoms with Crippen LogP contribution < -0.4 is 5.32 Å². The van der Waals surface area contributed by atoms with E-state index in [-0.39, 0.29) is 12.3 Å². The minimum atomic E-state index is 0.0941. The largest absolute Gasteiger partial charge is 0.355 e. The first-order chi connectivity index (χ1) is 10.4. The number of fused-ring (bicyclic) bond motifs is 1. The fraction of sp³-hybridized carbons (Fsp3) is 0.333. The van der Waals surface area contributed by atoms with Crippen LogP contribution in [0.25, 0.3) is 6.08 Å². The van der Waals surface area contributed by atoms with Crippen LogP contribution in [-0.2, 0) is 11.2 Å². The van der Waals surface area contributed by atoms with Gasteiger partial charge >= 0.3 is 0 Å². The Hall–Kier alpha value is -1.42. The number of rotatable bonds is 6. The lowest BCUT2D eigenvalue weighted by molar-refractivity contribution is -0.0309. The molecule has 0 saturated carbocycles. The lowest BCUT2D eigenvalue weighted by Gasteiger charge is -2.27. The third-order valence-corrected chi connectivity index (χ3v) is 4.81. The normalized spacial score (nSPS) is 18.4. The minimum Gasteiger partial charge on any atom is -0.355 e. The molecule has 0 fully saturated rings. The van der Waals surface area contributed by atoms with Crippen molar-refractivity contribution in [2.75, 3.05) is 7.05 Å². The van der Waals surface area contributed by atoms with Gasteiger partial charge in [0.15, 0.2) is 0 Å². The van der Waals surface area contributed by atoms with E-state index in [1.807, 2.05) is 18.4 Å². The van der Waals surface area contributed by atoms with Gasteiger partial charge in [-0.25, -0.2) is 0 Å². The van der Waals surface area contributed by atoms with Crippen LogP contribution in [-0.4, -0.2) is 13.3 Å². The molecule has 2 atom stereocenters. The predicted octanol–water partition coefficient (Wildman–Crippen LogP) is 4.40. The summed E-state index contributed by atoms with van der Waals surface area (Å²) in [6.07, 6.45) is 7.67. The smallest absolute Gasteiger partial charge is 0.109 e. The van der Waals surface area contributed by atoms with Crippen LogP contribution in [0, 0.1) is 0 Å². The van der Waals surface area contributed by atoms with Crippen molar-refractivity contribution in [3.8, 4) is 0 Å². The van der Waals surface area contributed by atoms with Crippen LogP contribution in [0.1, 0.15) is 34.9 Å². The Morgan fingerprint density at radius 3 is 3.00 bits per heavy atom. The highest BCUT2D eigenvalue weighted by Gasteiger charge is 2.20. The fourth-order valence-electron chi connectivity index (χ4n) is 2.74. The molecule has 0 spiro atoms. The molecule has 0 aliphatic heterocycles. The summed E-state index contributed by atoms with van der Waals surface area (Å²) >= 11 is 1.82. The van der Waals surface area contributed by atoms with Crippen molar-refractivity contribution in [3.05, 3.63) is 63.9 Å². The zero-order chi connectivity index (χ0) is 14.5. The van der Waals surface area contributed by atoms with Crippen molar-refractivity contribution in [2.24, 2.45) is 0 Å². The third kappa shape index (κ3) is 3.62. The Morgan fingerprint density at radius 2 is 2.19 bits per heavy atom. The van der Waals surface area contributed by atoms with Crippen molar-refractivity contribution < 1.29 is 4.74 Å². The first-order valence-corrected chi connectivity index (χ1v) is 8.35. The monoisotopic (exact) mass is 299 g/mol. The quantitative estimate of drug-likeness (QED) is 0.798. The number of ether oxygens (including phenoxy) is 1. The van der Waals surface area contributed by atoms with Crippen molar-refractivity contribution in [1.29, 1.82) is 0 Å². The highest BCUT2D eigenvalue weighted by Crippen LogP contribution is 2.31. The molecule has 2 aromatic rings. The van der Waals surface area contributed by atoms with Gasteiger partial charge in [0.05, 0.1) is 6.10 Å². The van der Waals surface area contributed by atoms with E-state index in [9.17, 15) is 0 Å². The predicted molar refractivity (Wildman–Crippen MR) is 89.4 cm³/mol. The zero-order valence-corrected chi connectivity index (χ0v) is 13.1. The van der Waals surface area contributed by atoms with Crippen LogP contribution >= 0.6 is 11.3 Å². The molecule has 1 unspecified atom stereocenters. The standard InChI is InChI=1S/C18H21NOS/c1-19-18(12-11-15-8-5-13-21-15)20-17-10-4-7-14-6-2-3-9-16(14)17/h2-9,13,17-19H,10-12H2,1H3/t17?,18-/m0/s1. The Balaban J connectivity index is 1.63. The Labute approximate surface area is 130 Å². The topological polar surface area (TPSA) is 21.3 Å². The second kappa shape index (κ2) is 7.03. The molecule has 1 aromatic heterocycles. The minimum absolute atomic E-state index is 0.0941. The molecule has 1 aliphatic rings. The SMILES string of the molecule is CN[C@H](CCc1cccs1)OC1CC=Cc2ccccc21. The summed E-state index contributed by atoms with van der Waals surface area (Å²) < 4.78 is 6.31. The van der Waals surface area contributed by atoms with E-state index >= 15 is 0 Å². The Bertz CT molecular complexity index is 591.